The lowest BCUT2D eigenvalue weighted by Gasteiger charge is -2.02. The minimum Gasteiger partial charge on any atom is -0.366 e. The van der Waals surface area contributed by atoms with Crippen molar-refractivity contribution in [3.8, 4) is 0 Å². The Morgan fingerprint density at radius 1 is 1.25 bits per heavy atom. The van der Waals surface area contributed by atoms with Gasteiger partial charge in [0.05, 0.1) is 5.56 Å². The van der Waals surface area contributed by atoms with Gasteiger partial charge in [-0.2, -0.15) is 0 Å². The molecule has 0 aliphatic rings. The molecule has 1 aromatic carbocycles. The second-order valence-electron chi connectivity index (χ2n) is 2.11. The summed E-state index contributed by atoms with van der Waals surface area (Å²) in [6, 6.07) is 3.49. The molecule has 0 heterocycles. The van der Waals surface area contributed by atoms with Gasteiger partial charge in [-0.15, -0.1) is 0 Å². The summed E-state index contributed by atoms with van der Waals surface area (Å²) in [4.78, 5) is 10.9. The van der Waals surface area contributed by atoms with Crippen molar-refractivity contribution in [2.75, 3.05) is 0 Å². The molecule has 0 unspecified atom stereocenters. The van der Waals surface area contributed by atoms with E-state index in [4.69, 9.17) is 5.73 Å². The minimum atomic E-state index is -0.455. The van der Waals surface area contributed by atoms with Gasteiger partial charge in [-0.25, -0.2) is 0 Å². The van der Waals surface area contributed by atoms with E-state index in [9.17, 15) is 4.79 Å². The zero-order valence-corrected chi connectivity index (χ0v) is 10.5. The number of hydrogen-bond acceptors (Lipinski definition) is 1. The Hall–Kier alpha value is 0.130. The van der Waals surface area contributed by atoms with Crippen molar-refractivity contribution in [1.82, 2.24) is 0 Å². The number of amides is 1. The quantitative estimate of drug-likeness (QED) is 0.771. The summed E-state index contributed by atoms with van der Waals surface area (Å²) in [6.07, 6.45) is 0. The minimum absolute atomic E-state index is 0.455. The topological polar surface area (TPSA) is 43.1 Å². The Kier molecular flexibility index (Phi) is 3.31. The van der Waals surface area contributed by atoms with Gasteiger partial charge in [0.2, 0.25) is 5.91 Å². The van der Waals surface area contributed by atoms with E-state index in [0.717, 1.165) is 8.95 Å². The lowest BCUT2D eigenvalue weighted by atomic mass is 10.2. The molecule has 5 heteroatoms. The van der Waals surface area contributed by atoms with E-state index in [1.807, 2.05) is 6.07 Å². The van der Waals surface area contributed by atoms with Gasteiger partial charge in [0, 0.05) is 13.4 Å². The Balaban J connectivity index is 3.37. The molecule has 0 saturated carbocycles. The second-order valence-corrected chi connectivity index (χ2v) is 4.68. The Bertz CT molecular complexity index is 338. The average molecular weight is 358 g/mol. The van der Waals surface area contributed by atoms with Crippen LogP contribution in [0.15, 0.2) is 25.6 Å². The van der Waals surface area contributed by atoms with Gasteiger partial charge in [0.15, 0.2) is 0 Å². The lowest BCUT2D eigenvalue weighted by Crippen LogP contribution is -2.11. The fourth-order valence-corrected chi connectivity index (χ4v) is 2.38. The standard InChI is InChI=1S/C7H4Br3NO/c8-3-1-4(7(11)12)6(10)5(9)2-3/h1-2H,(H2,11,12). The number of halogens is 3. The third-order valence-electron chi connectivity index (χ3n) is 1.26. The highest BCUT2D eigenvalue weighted by atomic mass is 79.9. The summed E-state index contributed by atoms with van der Waals surface area (Å²) in [5, 5.41) is 0. The SMILES string of the molecule is NC(=O)c1cc(Br)cc(Br)c1Br. The van der Waals surface area contributed by atoms with Gasteiger partial charge in [-0.1, -0.05) is 15.9 Å². The van der Waals surface area contributed by atoms with Crippen LogP contribution in [0.3, 0.4) is 0 Å². The van der Waals surface area contributed by atoms with Crippen molar-refractivity contribution >= 4 is 53.7 Å². The monoisotopic (exact) mass is 355 g/mol. The first-order valence-corrected chi connectivity index (χ1v) is 5.34. The fourth-order valence-electron chi connectivity index (χ4n) is 0.735. The molecule has 0 atom stereocenters. The largest absolute Gasteiger partial charge is 0.366 e. The van der Waals surface area contributed by atoms with Gasteiger partial charge in [0.25, 0.3) is 0 Å². The average Bonchev–Trinajstić information content (AvgIpc) is 1.96. The number of primary amides is 1. The van der Waals surface area contributed by atoms with E-state index >= 15 is 0 Å². The highest BCUT2D eigenvalue weighted by molar-refractivity contribution is 9.13. The van der Waals surface area contributed by atoms with E-state index in [1.165, 1.54) is 0 Å². The molecule has 0 aromatic heterocycles. The number of hydrogen-bond donors (Lipinski definition) is 1. The van der Waals surface area contributed by atoms with Gasteiger partial charge in [0.1, 0.15) is 0 Å². The van der Waals surface area contributed by atoms with Crippen molar-refractivity contribution in [2.45, 2.75) is 0 Å². The fraction of sp³-hybridized carbons (Fsp3) is 0. The van der Waals surface area contributed by atoms with Crippen LogP contribution in [0.5, 0.6) is 0 Å². The lowest BCUT2D eigenvalue weighted by molar-refractivity contribution is 0.0999. The van der Waals surface area contributed by atoms with Crippen molar-refractivity contribution < 1.29 is 4.79 Å². The summed E-state index contributed by atoms with van der Waals surface area (Å²) in [5.41, 5.74) is 5.60. The molecule has 0 fully saturated rings. The van der Waals surface area contributed by atoms with Crippen molar-refractivity contribution in [3.05, 3.63) is 31.1 Å². The predicted octanol–water partition coefficient (Wildman–Crippen LogP) is 3.07. The molecule has 64 valence electrons. The summed E-state index contributed by atoms with van der Waals surface area (Å²) < 4.78 is 2.29. The Labute approximate surface area is 94.9 Å². The number of carbonyl (C=O) groups excluding carboxylic acids is 1. The molecule has 12 heavy (non-hydrogen) atoms. The van der Waals surface area contributed by atoms with Crippen LogP contribution in [-0.4, -0.2) is 5.91 Å². The molecule has 0 aliphatic heterocycles. The van der Waals surface area contributed by atoms with Crippen LogP contribution in [0, 0.1) is 0 Å². The summed E-state index contributed by atoms with van der Waals surface area (Å²) >= 11 is 9.78. The molecule has 0 spiro atoms. The predicted molar refractivity (Wildman–Crippen MR) is 58.1 cm³/mol. The maximum atomic E-state index is 10.9. The highest BCUT2D eigenvalue weighted by Crippen LogP contribution is 2.30. The van der Waals surface area contributed by atoms with E-state index in [-0.39, 0.29) is 0 Å². The first-order chi connectivity index (χ1) is 5.52. The summed E-state index contributed by atoms with van der Waals surface area (Å²) in [5.74, 6) is -0.455. The van der Waals surface area contributed by atoms with Crippen LogP contribution in [0.1, 0.15) is 10.4 Å². The molecule has 2 N–H and O–H groups in total. The van der Waals surface area contributed by atoms with Crippen LogP contribution in [0.4, 0.5) is 0 Å². The second kappa shape index (κ2) is 3.89. The van der Waals surface area contributed by atoms with Crippen LogP contribution >= 0.6 is 47.8 Å². The summed E-state index contributed by atoms with van der Waals surface area (Å²) in [6.45, 7) is 0. The third-order valence-corrected chi connectivity index (χ3v) is 3.73. The third kappa shape index (κ3) is 2.08. The maximum absolute atomic E-state index is 10.9. The van der Waals surface area contributed by atoms with E-state index in [2.05, 4.69) is 47.8 Å². The van der Waals surface area contributed by atoms with Gasteiger partial charge in [-0.05, 0) is 44.0 Å². The van der Waals surface area contributed by atoms with Gasteiger partial charge >= 0.3 is 0 Å². The Morgan fingerprint density at radius 3 is 2.33 bits per heavy atom. The molecular weight excluding hydrogens is 354 g/mol. The van der Waals surface area contributed by atoms with E-state index in [1.54, 1.807) is 6.07 Å². The molecule has 0 saturated heterocycles. The Morgan fingerprint density at radius 2 is 1.83 bits per heavy atom. The zero-order chi connectivity index (χ0) is 9.30. The molecule has 2 nitrogen and oxygen atoms in total. The molecule has 1 amide bonds. The first kappa shape index (κ1) is 10.2. The van der Waals surface area contributed by atoms with Crippen molar-refractivity contribution in [2.24, 2.45) is 5.73 Å². The van der Waals surface area contributed by atoms with E-state index in [0.29, 0.717) is 10.0 Å². The van der Waals surface area contributed by atoms with Crippen LogP contribution in [0.25, 0.3) is 0 Å². The van der Waals surface area contributed by atoms with Crippen LogP contribution in [0.2, 0.25) is 0 Å². The number of rotatable bonds is 1. The number of carbonyl (C=O) groups is 1. The maximum Gasteiger partial charge on any atom is 0.249 e. The van der Waals surface area contributed by atoms with E-state index < -0.39 is 5.91 Å². The number of benzene rings is 1. The van der Waals surface area contributed by atoms with Crippen LogP contribution in [-0.2, 0) is 0 Å². The van der Waals surface area contributed by atoms with Crippen molar-refractivity contribution in [1.29, 1.82) is 0 Å². The molecule has 1 rings (SSSR count). The molecule has 0 bridgehead atoms. The normalized spacial score (nSPS) is 9.92. The molecule has 0 aliphatic carbocycles. The van der Waals surface area contributed by atoms with Crippen LogP contribution < -0.4 is 5.73 Å². The zero-order valence-electron chi connectivity index (χ0n) is 5.77. The van der Waals surface area contributed by atoms with Gasteiger partial charge in [-0.3, -0.25) is 4.79 Å². The van der Waals surface area contributed by atoms with Crippen molar-refractivity contribution in [3.63, 3.8) is 0 Å². The van der Waals surface area contributed by atoms with Gasteiger partial charge < -0.3 is 5.73 Å². The highest BCUT2D eigenvalue weighted by Gasteiger charge is 2.09. The first-order valence-electron chi connectivity index (χ1n) is 2.96. The molecule has 0 radical (unpaired) electrons. The summed E-state index contributed by atoms with van der Waals surface area (Å²) in [7, 11) is 0. The molecular formula is C7H4Br3NO. The molecule has 1 aromatic rings. The number of nitrogens with two attached hydrogens (primary N) is 1. The smallest absolute Gasteiger partial charge is 0.249 e.